The Morgan fingerprint density at radius 1 is 1.30 bits per heavy atom. The number of hydrogen-bond acceptors (Lipinski definition) is 3. The van der Waals surface area contributed by atoms with Gasteiger partial charge in [0.25, 0.3) is 0 Å². The van der Waals surface area contributed by atoms with Crippen molar-refractivity contribution in [1.29, 1.82) is 0 Å². The monoisotopic (exact) mass is 279 g/mol. The highest BCUT2D eigenvalue weighted by molar-refractivity contribution is 5.79. The molecule has 1 heterocycles. The van der Waals surface area contributed by atoms with Crippen molar-refractivity contribution in [2.24, 2.45) is 16.7 Å². The van der Waals surface area contributed by atoms with Crippen LogP contribution in [0.15, 0.2) is 0 Å². The molecule has 1 saturated heterocycles. The summed E-state index contributed by atoms with van der Waals surface area (Å²) in [4.78, 5) is 24.9. The zero-order valence-electron chi connectivity index (χ0n) is 12.7. The first-order valence-corrected chi connectivity index (χ1v) is 7.81. The van der Waals surface area contributed by atoms with Crippen LogP contribution in [0.1, 0.15) is 52.9 Å². The van der Waals surface area contributed by atoms with E-state index in [9.17, 15) is 9.59 Å². The maximum Gasteiger partial charge on any atom is 0.329 e. The van der Waals surface area contributed by atoms with E-state index in [2.05, 4.69) is 20.8 Å². The van der Waals surface area contributed by atoms with Gasteiger partial charge in [0.1, 0.15) is 12.1 Å². The van der Waals surface area contributed by atoms with Gasteiger partial charge in [-0.15, -0.1) is 0 Å². The smallest absolute Gasteiger partial charge is 0.329 e. The molecule has 0 spiro atoms. The average Bonchev–Trinajstić information content (AvgIpc) is 3.01. The molecule has 0 aromatic heterocycles. The molecule has 4 heteroatoms. The van der Waals surface area contributed by atoms with Crippen LogP contribution in [-0.4, -0.2) is 36.0 Å². The van der Waals surface area contributed by atoms with Crippen LogP contribution >= 0.6 is 0 Å². The molecule has 2 bridgehead atoms. The minimum Gasteiger partial charge on any atom is -0.460 e. The number of amides is 1. The van der Waals surface area contributed by atoms with Gasteiger partial charge in [0.15, 0.2) is 0 Å². The van der Waals surface area contributed by atoms with E-state index in [1.807, 2.05) is 0 Å². The second-order valence-corrected chi connectivity index (χ2v) is 7.54. The third-order valence-corrected chi connectivity index (χ3v) is 6.67. The van der Waals surface area contributed by atoms with E-state index in [1.165, 1.54) is 6.42 Å². The van der Waals surface area contributed by atoms with Gasteiger partial charge in [0, 0.05) is 12.0 Å². The lowest BCUT2D eigenvalue weighted by molar-refractivity contribution is -0.163. The fourth-order valence-corrected chi connectivity index (χ4v) is 4.70. The van der Waals surface area contributed by atoms with Gasteiger partial charge in [-0.3, -0.25) is 4.79 Å². The SMILES string of the molecule is CC1(C)C2CCC1(C)C(OC(=O)C1CCCN1C=O)C2. The summed E-state index contributed by atoms with van der Waals surface area (Å²) in [6, 6.07) is -0.349. The Labute approximate surface area is 120 Å². The highest BCUT2D eigenvalue weighted by atomic mass is 16.5. The number of ether oxygens (including phenoxy) is 1. The lowest BCUT2D eigenvalue weighted by Crippen LogP contribution is -2.43. The molecule has 0 aromatic carbocycles. The maximum absolute atomic E-state index is 12.4. The summed E-state index contributed by atoms with van der Waals surface area (Å²) in [5, 5.41) is 0. The van der Waals surface area contributed by atoms with Crippen LogP contribution in [0.3, 0.4) is 0 Å². The maximum atomic E-state index is 12.4. The van der Waals surface area contributed by atoms with Gasteiger partial charge in [0.05, 0.1) is 0 Å². The molecule has 4 nitrogen and oxygen atoms in total. The molecule has 3 aliphatic rings. The van der Waals surface area contributed by atoms with Gasteiger partial charge in [-0.2, -0.15) is 0 Å². The van der Waals surface area contributed by atoms with Crippen molar-refractivity contribution in [3.05, 3.63) is 0 Å². The molecular formula is C16H25NO3. The van der Waals surface area contributed by atoms with Gasteiger partial charge < -0.3 is 9.64 Å². The highest BCUT2D eigenvalue weighted by Crippen LogP contribution is 2.66. The number of carbonyl (C=O) groups excluding carboxylic acids is 2. The van der Waals surface area contributed by atoms with Crippen LogP contribution in [0.5, 0.6) is 0 Å². The van der Waals surface area contributed by atoms with E-state index in [0.29, 0.717) is 12.5 Å². The van der Waals surface area contributed by atoms with Gasteiger partial charge in [0.2, 0.25) is 6.41 Å². The second-order valence-electron chi connectivity index (χ2n) is 7.54. The second kappa shape index (κ2) is 4.47. The predicted octanol–water partition coefficient (Wildman–Crippen LogP) is 2.37. The minimum absolute atomic E-state index is 0.0258. The van der Waals surface area contributed by atoms with Crippen molar-refractivity contribution >= 4 is 12.4 Å². The predicted molar refractivity (Wildman–Crippen MR) is 74.9 cm³/mol. The van der Waals surface area contributed by atoms with Crippen molar-refractivity contribution in [3.63, 3.8) is 0 Å². The molecule has 0 radical (unpaired) electrons. The largest absolute Gasteiger partial charge is 0.460 e. The number of esters is 1. The van der Waals surface area contributed by atoms with Crippen molar-refractivity contribution < 1.29 is 14.3 Å². The van der Waals surface area contributed by atoms with Crippen molar-refractivity contribution in [2.75, 3.05) is 6.54 Å². The van der Waals surface area contributed by atoms with Crippen LogP contribution < -0.4 is 0 Å². The Hall–Kier alpha value is -1.06. The summed E-state index contributed by atoms with van der Waals surface area (Å²) in [5.74, 6) is 0.472. The molecule has 0 aromatic rings. The topological polar surface area (TPSA) is 46.6 Å². The minimum atomic E-state index is -0.349. The third-order valence-electron chi connectivity index (χ3n) is 6.67. The van der Waals surface area contributed by atoms with Gasteiger partial charge in [-0.1, -0.05) is 20.8 Å². The number of carbonyl (C=O) groups is 2. The first-order valence-electron chi connectivity index (χ1n) is 7.81. The molecule has 2 saturated carbocycles. The quantitative estimate of drug-likeness (QED) is 0.588. The fourth-order valence-electron chi connectivity index (χ4n) is 4.70. The molecule has 20 heavy (non-hydrogen) atoms. The van der Waals surface area contributed by atoms with Crippen LogP contribution in [0.4, 0.5) is 0 Å². The van der Waals surface area contributed by atoms with Crippen LogP contribution in [0.25, 0.3) is 0 Å². The average molecular weight is 279 g/mol. The van der Waals surface area contributed by atoms with E-state index in [-0.39, 0.29) is 28.9 Å². The Morgan fingerprint density at radius 3 is 2.60 bits per heavy atom. The summed E-state index contributed by atoms with van der Waals surface area (Å²) >= 11 is 0. The molecule has 3 fully saturated rings. The normalized spacial score (nSPS) is 42.0. The molecule has 3 rings (SSSR count). The lowest BCUT2D eigenvalue weighted by atomic mass is 9.70. The molecule has 1 amide bonds. The first-order chi connectivity index (χ1) is 9.40. The standard InChI is InChI=1S/C16H25NO3/c1-15(2)11-6-7-16(15,3)13(9-11)20-14(19)12-5-4-8-17(12)10-18/h10-13H,4-9H2,1-3H3. The Morgan fingerprint density at radius 2 is 2.05 bits per heavy atom. The van der Waals surface area contributed by atoms with Crippen molar-refractivity contribution in [3.8, 4) is 0 Å². The molecule has 0 N–H and O–H groups in total. The molecule has 112 valence electrons. The summed E-state index contributed by atoms with van der Waals surface area (Å²) in [6.45, 7) is 7.57. The van der Waals surface area contributed by atoms with E-state index in [1.54, 1.807) is 4.90 Å². The van der Waals surface area contributed by atoms with Crippen LogP contribution in [0.2, 0.25) is 0 Å². The molecule has 4 unspecified atom stereocenters. The number of nitrogens with zero attached hydrogens (tertiary/aromatic N) is 1. The van der Waals surface area contributed by atoms with Crippen LogP contribution in [-0.2, 0) is 14.3 Å². The third kappa shape index (κ3) is 1.73. The molecular weight excluding hydrogens is 254 g/mol. The Bertz CT molecular complexity index is 433. The van der Waals surface area contributed by atoms with Crippen LogP contribution in [0, 0.1) is 16.7 Å². The number of fused-ring (bicyclic) bond motifs is 2. The molecule has 4 atom stereocenters. The van der Waals surface area contributed by atoms with Crippen molar-refractivity contribution in [2.45, 2.75) is 65.0 Å². The number of likely N-dealkylation sites (tertiary alicyclic amines) is 1. The summed E-state index contributed by atoms with van der Waals surface area (Å²) in [7, 11) is 0. The van der Waals surface area contributed by atoms with E-state index >= 15 is 0 Å². The van der Waals surface area contributed by atoms with E-state index in [0.717, 1.165) is 32.1 Å². The van der Waals surface area contributed by atoms with E-state index in [4.69, 9.17) is 4.74 Å². The lowest BCUT2D eigenvalue weighted by Gasteiger charge is -2.39. The van der Waals surface area contributed by atoms with Gasteiger partial charge >= 0.3 is 5.97 Å². The zero-order chi connectivity index (χ0) is 14.5. The zero-order valence-corrected chi connectivity index (χ0v) is 12.7. The van der Waals surface area contributed by atoms with Gasteiger partial charge in [-0.05, 0) is 43.4 Å². The first kappa shape index (κ1) is 13.9. The Balaban J connectivity index is 1.70. The highest BCUT2D eigenvalue weighted by Gasteiger charge is 2.63. The number of hydrogen-bond donors (Lipinski definition) is 0. The molecule has 2 aliphatic carbocycles. The summed E-state index contributed by atoms with van der Waals surface area (Å²) in [6.07, 6.45) is 5.83. The summed E-state index contributed by atoms with van der Waals surface area (Å²) in [5.41, 5.74) is 0.343. The van der Waals surface area contributed by atoms with Gasteiger partial charge in [-0.25, -0.2) is 4.79 Å². The fraction of sp³-hybridized carbons (Fsp3) is 0.875. The molecule has 1 aliphatic heterocycles. The number of rotatable bonds is 3. The van der Waals surface area contributed by atoms with Crippen molar-refractivity contribution in [1.82, 2.24) is 4.90 Å². The van der Waals surface area contributed by atoms with E-state index < -0.39 is 0 Å². The summed E-state index contributed by atoms with van der Waals surface area (Å²) < 4.78 is 5.86. The Kier molecular flexibility index (Phi) is 3.11.